The molecule has 5 nitrogen and oxygen atoms in total. The van der Waals surface area contributed by atoms with E-state index in [9.17, 15) is 0 Å². The number of aromatic nitrogens is 1. The lowest BCUT2D eigenvalue weighted by Crippen LogP contribution is -2.37. The number of ether oxygens (including phenoxy) is 2. The van der Waals surface area contributed by atoms with E-state index < -0.39 is 0 Å². The minimum Gasteiger partial charge on any atom is -0.494 e. The van der Waals surface area contributed by atoms with Crippen LogP contribution in [0.25, 0.3) is 10.9 Å². The van der Waals surface area contributed by atoms with E-state index in [0.29, 0.717) is 0 Å². The molecular weight excluding hydrogens is 410 g/mol. The van der Waals surface area contributed by atoms with Gasteiger partial charge in [-0.15, -0.1) is 0 Å². The van der Waals surface area contributed by atoms with Crippen LogP contribution in [0, 0.1) is 0 Å². The third-order valence-electron chi connectivity index (χ3n) is 6.52. The molecule has 0 radical (unpaired) electrons. The number of fused-ring (bicyclic) bond motifs is 3. The fourth-order valence-corrected chi connectivity index (χ4v) is 5.02. The van der Waals surface area contributed by atoms with Crippen LogP contribution in [0.5, 0.6) is 5.75 Å². The van der Waals surface area contributed by atoms with Crippen LogP contribution in [0.2, 0.25) is 5.02 Å². The van der Waals surface area contributed by atoms with Gasteiger partial charge in [0.2, 0.25) is 0 Å². The van der Waals surface area contributed by atoms with Crippen molar-refractivity contribution in [3.05, 3.63) is 64.3 Å². The van der Waals surface area contributed by atoms with Gasteiger partial charge in [-0.3, -0.25) is 9.80 Å². The molecule has 0 saturated carbocycles. The summed E-state index contributed by atoms with van der Waals surface area (Å²) in [7, 11) is 2.20. The van der Waals surface area contributed by atoms with Gasteiger partial charge in [0.05, 0.1) is 25.9 Å². The molecular formula is C25H30ClN3O2. The molecule has 2 aliphatic rings. The molecule has 2 aliphatic heterocycles. The fourth-order valence-electron chi connectivity index (χ4n) is 4.85. The second-order valence-corrected chi connectivity index (χ2v) is 9.00. The molecule has 3 aromatic rings. The largest absolute Gasteiger partial charge is 0.494 e. The SMILES string of the molecule is CN1CCc2c([nH]c3ccc(Cl)cc23)C1c1ccc(OCCCN2CCOCC2)cc1. The molecule has 164 valence electrons. The molecule has 6 heteroatoms. The van der Waals surface area contributed by atoms with Crippen molar-refractivity contribution in [3.63, 3.8) is 0 Å². The zero-order valence-corrected chi connectivity index (χ0v) is 18.8. The lowest BCUT2D eigenvalue weighted by molar-refractivity contribution is 0.0358. The van der Waals surface area contributed by atoms with Crippen molar-refractivity contribution in [2.45, 2.75) is 18.9 Å². The van der Waals surface area contributed by atoms with Crippen molar-refractivity contribution < 1.29 is 9.47 Å². The van der Waals surface area contributed by atoms with Crippen molar-refractivity contribution >= 4 is 22.5 Å². The highest BCUT2D eigenvalue weighted by molar-refractivity contribution is 6.31. The van der Waals surface area contributed by atoms with E-state index in [4.69, 9.17) is 21.1 Å². The van der Waals surface area contributed by atoms with Gasteiger partial charge in [0.1, 0.15) is 5.75 Å². The van der Waals surface area contributed by atoms with Gasteiger partial charge in [-0.2, -0.15) is 0 Å². The van der Waals surface area contributed by atoms with Gasteiger partial charge in [-0.1, -0.05) is 23.7 Å². The Hall–Kier alpha value is -2.05. The van der Waals surface area contributed by atoms with Crippen LogP contribution in [0.4, 0.5) is 0 Å². The summed E-state index contributed by atoms with van der Waals surface area (Å²) >= 11 is 6.27. The number of likely N-dealkylation sites (N-methyl/N-ethyl adjacent to an activating group) is 1. The number of morpholine rings is 1. The van der Waals surface area contributed by atoms with E-state index in [1.165, 1.54) is 22.2 Å². The van der Waals surface area contributed by atoms with Crippen LogP contribution in [0.15, 0.2) is 42.5 Å². The number of aromatic amines is 1. The van der Waals surface area contributed by atoms with E-state index in [0.717, 1.165) is 75.1 Å². The summed E-state index contributed by atoms with van der Waals surface area (Å²) in [5, 5.41) is 2.04. The number of benzene rings is 2. The smallest absolute Gasteiger partial charge is 0.119 e. The molecule has 1 aromatic heterocycles. The van der Waals surface area contributed by atoms with Gasteiger partial charge in [0, 0.05) is 47.8 Å². The summed E-state index contributed by atoms with van der Waals surface area (Å²) in [6.07, 6.45) is 2.07. The van der Waals surface area contributed by atoms with E-state index in [1.54, 1.807) is 0 Å². The molecule has 0 amide bonds. The van der Waals surface area contributed by atoms with Crippen LogP contribution in [0.3, 0.4) is 0 Å². The van der Waals surface area contributed by atoms with Crippen LogP contribution in [-0.4, -0.2) is 67.8 Å². The minimum atomic E-state index is 0.213. The number of hydrogen-bond donors (Lipinski definition) is 1. The highest BCUT2D eigenvalue weighted by atomic mass is 35.5. The monoisotopic (exact) mass is 439 g/mol. The standard InChI is InChI=1S/C25H30ClN3O2/c1-28-11-9-21-22-17-19(26)5-8-23(22)27-24(21)25(28)18-3-6-20(7-4-18)31-14-2-10-29-12-15-30-16-13-29/h3-8,17,25,27H,2,9-16H2,1H3. The molecule has 0 bridgehead atoms. The molecule has 31 heavy (non-hydrogen) atoms. The summed E-state index contributed by atoms with van der Waals surface area (Å²) in [5.74, 6) is 0.938. The summed E-state index contributed by atoms with van der Waals surface area (Å²) in [6.45, 7) is 6.61. The van der Waals surface area contributed by atoms with Crippen LogP contribution in [-0.2, 0) is 11.2 Å². The Bertz CT molecular complexity index is 1030. The number of hydrogen-bond acceptors (Lipinski definition) is 4. The van der Waals surface area contributed by atoms with Gasteiger partial charge in [-0.05, 0) is 61.3 Å². The van der Waals surface area contributed by atoms with Crippen molar-refractivity contribution in [2.75, 3.05) is 53.0 Å². The average molecular weight is 440 g/mol. The molecule has 5 rings (SSSR count). The second kappa shape index (κ2) is 9.21. The van der Waals surface area contributed by atoms with E-state index in [2.05, 4.69) is 58.2 Å². The quantitative estimate of drug-likeness (QED) is 0.574. The Kier molecular flexibility index (Phi) is 6.19. The Morgan fingerprint density at radius 3 is 2.71 bits per heavy atom. The zero-order valence-electron chi connectivity index (χ0n) is 18.1. The van der Waals surface area contributed by atoms with Crippen molar-refractivity contribution in [3.8, 4) is 5.75 Å². The summed E-state index contributed by atoms with van der Waals surface area (Å²) in [5.41, 5.74) is 5.12. The average Bonchev–Trinajstić information content (AvgIpc) is 3.15. The van der Waals surface area contributed by atoms with Gasteiger partial charge in [0.25, 0.3) is 0 Å². The van der Waals surface area contributed by atoms with Crippen LogP contribution in [0.1, 0.15) is 29.3 Å². The Morgan fingerprint density at radius 2 is 1.90 bits per heavy atom. The first kappa shape index (κ1) is 20.8. The molecule has 2 aromatic carbocycles. The molecule has 1 atom stereocenters. The Balaban J connectivity index is 1.27. The molecule has 1 saturated heterocycles. The van der Waals surface area contributed by atoms with Crippen molar-refractivity contribution in [1.29, 1.82) is 0 Å². The predicted octanol–water partition coefficient (Wildman–Crippen LogP) is 4.50. The first-order chi connectivity index (χ1) is 15.2. The lowest BCUT2D eigenvalue weighted by Gasteiger charge is -2.33. The van der Waals surface area contributed by atoms with Crippen LogP contribution >= 0.6 is 11.6 Å². The predicted molar refractivity (Wildman–Crippen MR) is 125 cm³/mol. The van der Waals surface area contributed by atoms with E-state index >= 15 is 0 Å². The second-order valence-electron chi connectivity index (χ2n) is 8.57. The third-order valence-corrected chi connectivity index (χ3v) is 6.75. The molecule has 1 unspecified atom stereocenters. The third kappa shape index (κ3) is 4.46. The summed E-state index contributed by atoms with van der Waals surface area (Å²) in [6, 6.07) is 14.9. The topological polar surface area (TPSA) is 40.7 Å². The summed E-state index contributed by atoms with van der Waals surface area (Å²) < 4.78 is 11.4. The Labute approximate surface area is 188 Å². The van der Waals surface area contributed by atoms with Gasteiger partial charge < -0.3 is 14.5 Å². The Morgan fingerprint density at radius 1 is 1.10 bits per heavy atom. The molecule has 1 N–H and O–H groups in total. The first-order valence-corrected chi connectivity index (χ1v) is 11.6. The number of H-pyrrole nitrogens is 1. The number of halogens is 1. The maximum atomic E-state index is 6.27. The van der Waals surface area contributed by atoms with Crippen molar-refractivity contribution in [1.82, 2.24) is 14.8 Å². The molecule has 0 spiro atoms. The van der Waals surface area contributed by atoms with Crippen LogP contribution < -0.4 is 4.74 Å². The molecule has 1 fully saturated rings. The molecule has 3 heterocycles. The first-order valence-electron chi connectivity index (χ1n) is 11.2. The minimum absolute atomic E-state index is 0.213. The fraction of sp³-hybridized carbons (Fsp3) is 0.440. The number of rotatable bonds is 6. The van der Waals surface area contributed by atoms with E-state index in [1.807, 2.05) is 6.07 Å². The maximum absolute atomic E-state index is 6.27. The normalized spacial score (nSPS) is 20.1. The maximum Gasteiger partial charge on any atom is 0.119 e. The summed E-state index contributed by atoms with van der Waals surface area (Å²) in [4.78, 5) is 8.52. The van der Waals surface area contributed by atoms with E-state index in [-0.39, 0.29) is 6.04 Å². The highest BCUT2D eigenvalue weighted by Gasteiger charge is 2.29. The van der Waals surface area contributed by atoms with Gasteiger partial charge in [0.15, 0.2) is 0 Å². The molecule has 0 aliphatic carbocycles. The van der Waals surface area contributed by atoms with Crippen molar-refractivity contribution in [2.24, 2.45) is 0 Å². The number of nitrogens with one attached hydrogen (secondary N) is 1. The lowest BCUT2D eigenvalue weighted by atomic mass is 9.93. The van der Waals surface area contributed by atoms with Gasteiger partial charge >= 0.3 is 0 Å². The van der Waals surface area contributed by atoms with Gasteiger partial charge in [-0.25, -0.2) is 0 Å². The number of nitrogens with zero attached hydrogens (tertiary/aromatic N) is 2. The highest BCUT2D eigenvalue weighted by Crippen LogP contribution is 2.38. The zero-order chi connectivity index (χ0) is 21.2.